The smallest absolute Gasteiger partial charge is 0.227 e. The van der Waals surface area contributed by atoms with Gasteiger partial charge in [-0.15, -0.1) is 0 Å². The predicted molar refractivity (Wildman–Crippen MR) is 86.9 cm³/mol. The van der Waals surface area contributed by atoms with Gasteiger partial charge in [0, 0.05) is 18.6 Å². The topological polar surface area (TPSA) is 46.3 Å². The third-order valence-corrected chi connectivity index (χ3v) is 4.76. The Hall–Kier alpha value is -1.42. The van der Waals surface area contributed by atoms with Crippen LogP contribution in [0.1, 0.15) is 45.1 Å². The third-order valence-electron chi connectivity index (χ3n) is 4.76. The molecule has 1 aliphatic carbocycles. The number of rotatable bonds is 6. The van der Waals surface area contributed by atoms with Crippen molar-refractivity contribution in [2.45, 2.75) is 58.0 Å². The van der Waals surface area contributed by atoms with Crippen molar-refractivity contribution in [2.24, 2.45) is 11.7 Å². The van der Waals surface area contributed by atoms with E-state index >= 15 is 0 Å². The van der Waals surface area contributed by atoms with Crippen LogP contribution in [0.5, 0.6) is 0 Å². The van der Waals surface area contributed by atoms with E-state index in [-0.39, 0.29) is 23.7 Å². The molecule has 2 N–H and O–H groups in total. The van der Waals surface area contributed by atoms with Crippen molar-refractivity contribution in [1.29, 1.82) is 0 Å². The van der Waals surface area contributed by atoms with E-state index in [0.717, 1.165) is 18.4 Å². The van der Waals surface area contributed by atoms with Crippen LogP contribution in [0.15, 0.2) is 24.3 Å². The SMILES string of the molecule is CC(N)C(C)C(=O)N(CCc1cccc(F)c1)C1CCCC1. The summed E-state index contributed by atoms with van der Waals surface area (Å²) in [6, 6.07) is 6.80. The van der Waals surface area contributed by atoms with Crippen molar-refractivity contribution in [3.05, 3.63) is 35.6 Å². The average Bonchev–Trinajstić information content (AvgIpc) is 3.00. The van der Waals surface area contributed by atoms with E-state index in [1.165, 1.54) is 18.9 Å². The lowest BCUT2D eigenvalue weighted by atomic mass is 10.0. The number of hydrogen-bond donors (Lipinski definition) is 1. The van der Waals surface area contributed by atoms with Gasteiger partial charge in [-0.2, -0.15) is 0 Å². The van der Waals surface area contributed by atoms with Crippen LogP contribution in [0.3, 0.4) is 0 Å². The van der Waals surface area contributed by atoms with Gasteiger partial charge in [-0.25, -0.2) is 4.39 Å². The minimum Gasteiger partial charge on any atom is -0.339 e. The number of amides is 1. The Morgan fingerprint density at radius 1 is 1.36 bits per heavy atom. The van der Waals surface area contributed by atoms with Crippen LogP contribution in [0.2, 0.25) is 0 Å². The molecule has 2 rings (SSSR count). The number of nitrogens with zero attached hydrogens (tertiary/aromatic N) is 1. The molecule has 1 aliphatic rings. The summed E-state index contributed by atoms with van der Waals surface area (Å²) in [6.07, 6.45) is 5.19. The number of benzene rings is 1. The molecule has 1 fully saturated rings. The lowest BCUT2D eigenvalue weighted by Gasteiger charge is -2.32. The maximum Gasteiger partial charge on any atom is 0.227 e. The zero-order chi connectivity index (χ0) is 16.1. The Morgan fingerprint density at radius 3 is 2.64 bits per heavy atom. The highest BCUT2D eigenvalue weighted by Crippen LogP contribution is 2.25. The molecule has 4 heteroatoms. The van der Waals surface area contributed by atoms with Crippen molar-refractivity contribution < 1.29 is 9.18 Å². The van der Waals surface area contributed by atoms with Gasteiger partial charge in [0.2, 0.25) is 5.91 Å². The first-order valence-electron chi connectivity index (χ1n) is 8.29. The van der Waals surface area contributed by atoms with Gasteiger partial charge >= 0.3 is 0 Å². The molecule has 2 unspecified atom stereocenters. The van der Waals surface area contributed by atoms with Crippen LogP contribution in [0.4, 0.5) is 4.39 Å². The van der Waals surface area contributed by atoms with E-state index in [1.807, 2.05) is 24.8 Å². The van der Waals surface area contributed by atoms with Gasteiger partial charge in [-0.05, 0) is 43.9 Å². The molecule has 0 aromatic heterocycles. The zero-order valence-electron chi connectivity index (χ0n) is 13.6. The number of nitrogens with two attached hydrogens (primary N) is 1. The van der Waals surface area contributed by atoms with Crippen LogP contribution in [0.25, 0.3) is 0 Å². The summed E-state index contributed by atoms with van der Waals surface area (Å²) in [5, 5.41) is 0. The first-order chi connectivity index (χ1) is 10.5. The molecule has 22 heavy (non-hydrogen) atoms. The molecule has 0 saturated heterocycles. The van der Waals surface area contributed by atoms with E-state index in [9.17, 15) is 9.18 Å². The Kier molecular flexibility index (Phi) is 5.95. The predicted octanol–water partition coefficient (Wildman–Crippen LogP) is 3.12. The van der Waals surface area contributed by atoms with Crippen molar-refractivity contribution >= 4 is 5.91 Å². The van der Waals surface area contributed by atoms with Gasteiger partial charge in [0.1, 0.15) is 5.82 Å². The number of carbonyl (C=O) groups excluding carboxylic acids is 1. The maximum atomic E-state index is 13.3. The lowest BCUT2D eigenvalue weighted by molar-refractivity contribution is -0.137. The molecule has 1 aromatic carbocycles. The molecule has 1 saturated carbocycles. The van der Waals surface area contributed by atoms with E-state index in [1.54, 1.807) is 12.1 Å². The number of halogens is 1. The monoisotopic (exact) mass is 306 g/mol. The van der Waals surface area contributed by atoms with Gasteiger partial charge in [0.15, 0.2) is 0 Å². The zero-order valence-corrected chi connectivity index (χ0v) is 13.6. The molecule has 0 radical (unpaired) electrons. The van der Waals surface area contributed by atoms with Gasteiger partial charge in [-0.3, -0.25) is 4.79 Å². The Morgan fingerprint density at radius 2 is 2.05 bits per heavy atom. The van der Waals surface area contributed by atoms with Crippen LogP contribution in [0, 0.1) is 11.7 Å². The molecular weight excluding hydrogens is 279 g/mol. The van der Waals surface area contributed by atoms with Gasteiger partial charge in [-0.1, -0.05) is 31.9 Å². The quantitative estimate of drug-likeness (QED) is 0.877. The van der Waals surface area contributed by atoms with Crippen LogP contribution in [-0.4, -0.2) is 29.4 Å². The van der Waals surface area contributed by atoms with Crippen LogP contribution >= 0.6 is 0 Å². The largest absolute Gasteiger partial charge is 0.339 e. The van der Waals surface area contributed by atoms with E-state index < -0.39 is 0 Å². The fraction of sp³-hybridized carbons (Fsp3) is 0.611. The minimum absolute atomic E-state index is 0.137. The molecule has 0 aliphatic heterocycles. The second-order valence-electron chi connectivity index (χ2n) is 6.50. The summed E-state index contributed by atoms with van der Waals surface area (Å²) in [5.41, 5.74) is 6.84. The summed E-state index contributed by atoms with van der Waals surface area (Å²) >= 11 is 0. The lowest BCUT2D eigenvalue weighted by Crippen LogP contribution is -2.46. The maximum absolute atomic E-state index is 13.3. The fourth-order valence-corrected chi connectivity index (χ4v) is 3.12. The van der Waals surface area contributed by atoms with E-state index in [4.69, 9.17) is 5.73 Å². The molecule has 0 spiro atoms. The molecule has 1 amide bonds. The summed E-state index contributed by atoms with van der Waals surface area (Å²) in [7, 11) is 0. The highest BCUT2D eigenvalue weighted by Gasteiger charge is 2.30. The van der Waals surface area contributed by atoms with Crippen LogP contribution < -0.4 is 5.73 Å². The average molecular weight is 306 g/mol. The molecule has 3 nitrogen and oxygen atoms in total. The van der Waals surface area contributed by atoms with E-state index in [0.29, 0.717) is 19.0 Å². The molecule has 1 aromatic rings. The highest BCUT2D eigenvalue weighted by atomic mass is 19.1. The summed E-state index contributed by atoms with van der Waals surface area (Å²) in [5.74, 6) is -0.258. The molecule has 0 bridgehead atoms. The van der Waals surface area contributed by atoms with Crippen LogP contribution in [-0.2, 0) is 11.2 Å². The standard InChI is InChI=1S/C18H27FN2O/c1-13(14(2)20)18(22)21(17-8-3-4-9-17)11-10-15-6-5-7-16(19)12-15/h5-7,12-14,17H,3-4,8-11,20H2,1-2H3. The Labute approximate surface area is 132 Å². The molecular formula is C18H27FN2O. The Bertz CT molecular complexity index is 498. The van der Waals surface area contributed by atoms with E-state index in [2.05, 4.69) is 0 Å². The second kappa shape index (κ2) is 7.73. The summed E-state index contributed by atoms with van der Waals surface area (Å²) in [6.45, 7) is 4.42. The molecule has 122 valence electrons. The molecule has 2 atom stereocenters. The summed E-state index contributed by atoms with van der Waals surface area (Å²) in [4.78, 5) is 14.7. The van der Waals surface area contributed by atoms with Crippen molar-refractivity contribution in [3.63, 3.8) is 0 Å². The van der Waals surface area contributed by atoms with Gasteiger partial charge in [0.25, 0.3) is 0 Å². The minimum atomic E-state index is -0.222. The van der Waals surface area contributed by atoms with Crippen molar-refractivity contribution in [3.8, 4) is 0 Å². The van der Waals surface area contributed by atoms with Gasteiger partial charge in [0.05, 0.1) is 5.92 Å². The molecule has 0 heterocycles. The highest BCUT2D eigenvalue weighted by molar-refractivity contribution is 5.79. The number of carbonyl (C=O) groups is 1. The first kappa shape index (κ1) is 16.9. The Balaban J connectivity index is 2.05. The van der Waals surface area contributed by atoms with Gasteiger partial charge < -0.3 is 10.6 Å². The third kappa shape index (κ3) is 4.29. The van der Waals surface area contributed by atoms with Crippen molar-refractivity contribution in [1.82, 2.24) is 4.90 Å². The number of hydrogen-bond acceptors (Lipinski definition) is 2. The normalized spacial score (nSPS) is 18.2. The second-order valence-corrected chi connectivity index (χ2v) is 6.50. The summed E-state index contributed by atoms with van der Waals surface area (Å²) < 4.78 is 13.3. The van der Waals surface area contributed by atoms with Crippen molar-refractivity contribution in [2.75, 3.05) is 6.54 Å². The first-order valence-corrected chi connectivity index (χ1v) is 8.29. The fourth-order valence-electron chi connectivity index (χ4n) is 3.12.